The number of rotatable bonds is 3. The lowest BCUT2D eigenvalue weighted by molar-refractivity contribution is -0.252. The average molecular weight is 418 g/mol. The zero-order chi connectivity index (χ0) is 20.7. The van der Waals surface area contributed by atoms with Gasteiger partial charge in [-0.3, -0.25) is 0 Å². The summed E-state index contributed by atoms with van der Waals surface area (Å²) in [5.74, 6) is 0.548. The third-order valence-corrected chi connectivity index (χ3v) is 6.12. The number of fused-ring (bicyclic) bond motifs is 1. The highest BCUT2D eigenvalue weighted by atomic mass is 32.1. The van der Waals surface area contributed by atoms with Crippen LogP contribution >= 0.6 is 12.2 Å². The van der Waals surface area contributed by atoms with Crippen molar-refractivity contribution in [3.63, 3.8) is 0 Å². The molecule has 0 spiro atoms. The number of furan rings is 1. The molecule has 1 aliphatic heterocycles. The minimum atomic E-state index is -1.53. The van der Waals surface area contributed by atoms with Crippen molar-refractivity contribution in [3.05, 3.63) is 39.9 Å². The van der Waals surface area contributed by atoms with Gasteiger partial charge in [0.2, 0.25) is 0 Å². The van der Waals surface area contributed by atoms with Gasteiger partial charge in [0, 0.05) is 11.3 Å². The standard InChI is InChI=1S/C20H22N2O6S/c21-8-11-15(13-6-3-7-27-13)10-4-1-2-5-12(10)22(20(11)29)19-18(26)17(25)16(24)14(9-23)28-19/h3,6-7,14,16-19,23-26H,1-2,4-5,9H2/t14-,16+,17+,18-,19-/m1/s1. The maximum atomic E-state index is 10.6. The molecule has 0 bridgehead atoms. The molecule has 1 fully saturated rings. The van der Waals surface area contributed by atoms with Crippen LogP contribution < -0.4 is 0 Å². The largest absolute Gasteiger partial charge is 0.464 e. The van der Waals surface area contributed by atoms with Crippen molar-refractivity contribution in [2.24, 2.45) is 0 Å². The number of aliphatic hydroxyl groups excluding tert-OH is 4. The van der Waals surface area contributed by atoms with Crippen LogP contribution in [0.25, 0.3) is 11.3 Å². The zero-order valence-corrected chi connectivity index (χ0v) is 16.4. The van der Waals surface area contributed by atoms with E-state index in [1.807, 2.05) is 0 Å². The molecule has 4 rings (SSSR count). The van der Waals surface area contributed by atoms with Crippen LogP contribution in [0.5, 0.6) is 0 Å². The van der Waals surface area contributed by atoms with Crippen LogP contribution in [0.2, 0.25) is 0 Å². The van der Waals surface area contributed by atoms with E-state index in [1.54, 1.807) is 16.7 Å². The number of pyridine rings is 1. The normalized spacial score (nSPS) is 29.3. The molecule has 2 aliphatic rings. The van der Waals surface area contributed by atoms with Crippen LogP contribution in [0.15, 0.2) is 22.8 Å². The van der Waals surface area contributed by atoms with Crippen molar-refractivity contribution in [3.8, 4) is 17.4 Å². The molecule has 0 amide bonds. The number of hydrogen-bond donors (Lipinski definition) is 4. The molecule has 9 heteroatoms. The second kappa shape index (κ2) is 7.99. The van der Waals surface area contributed by atoms with Crippen molar-refractivity contribution in [2.45, 2.75) is 56.3 Å². The fourth-order valence-corrected chi connectivity index (χ4v) is 4.65. The van der Waals surface area contributed by atoms with E-state index in [0.717, 1.165) is 24.1 Å². The zero-order valence-electron chi connectivity index (χ0n) is 15.6. The molecule has 3 heterocycles. The second-order valence-corrected chi connectivity index (χ2v) is 7.75. The summed E-state index contributed by atoms with van der Waals surface area (Å²) in [5, 5.41) is 50.4. The van der Waals surface area contributed by atoms with E-state index < -0.39 is 37.3 Å². The summed E-state index contributed by atoms with van der Waals surface area (Å²) in [6.07, 6.45) is -1.96. The minimum Gasteiger partial charge on any atom is -0.464 e. The summed E-state index contributed by atoms with van der Waals surface area (Å²) in [5.41, 5.74) is 2.58. The first-order valence-electron chi connectivity index (χ1n) is 9.54. The van der Waals surface area contributed by atoms with Crippen molar-refractivity contribution < 1.29 is 29.6 Å². The number of nitriles is 1. The van der Waals surface area contributed by atoms with Crippen LogP contribution in [-0.4, -0.2) is 56.0 Å². The first-order chi connectivity index (χ1) is 14.0. The Hall–Kier alpha value is -2.06. The van der Waals surface area contributed by atoms with Gasteiger partial charge >= 0.3 is 0 Å². The molecule has 5 atom stereocenters. The first kappa shape index (κ1) is 20.2. The summed E-state index contributed by atoms with van der Waals surface area (Å²) in [6.45, 7) is -0.535. The number of aromatic nitrogens is 1. The van der Waals surface area contributed by atoms with Crippen LogP contribution in [-0.2, 0) is 17.6 Å². The Kier molecular flexibility index (Phi) is 5.57. The predicted molar refractivity (Wildman–Crippen MR) is 103 cm³/mol. The van der Waals surface area contributed by atoms with Gasteiger partial charge in [-0.1, -0.05) is 12.2 Å². The molecule has 2 aromatic heterocycles. The monoisotopic (exact) mass is 418 g/mol. The van der Waals surface area contributed by atoms with Crippen LogP contribution in [0, 0.1) is 16.0 Å². The van der Waals surface area contributed by atoms with E-state index in [2.05, 4.69) is 6.07 Å². The molecule has 4 N–H and O–H groups in total. The van der Waals surface area contributed by atoms with E-state index >= 15 is 0 Å². The lowest BCUT2D eigenvalue weighted by Crippen LogP contribution is -2.57. The fraction of sp³-hybridized carbons (Fsp3) is 0.500. The van der Waals surface area contributed by atoms with Gasteiger partial charge in [-0.15, -0.1) is 0 Å². The summed E-state index contributed by atoms with van der Waals surface area (Å²) in [6, 6.07) is 5.68. The molecule has 1 saturated heterocycles. The van der Waals surface area contributed by atoms with E-state index in [4.69, 9.17) is 21.4 Å². The van der Waals surface area contributed by atoms with E-state index in [9.17, 15) is 25.7 Å². The molecular weight excluding hydrogens is 396 g/mol. The second-order valence-electron chi connectivity index (χ2n) is 7.37. The maximum absolute atomic E-state index is 10.6. The Balaban J connectivity index is 1.96. The first-order valence-corrected chi connectivity index (χ1v) is 9.95. The predicted octanol–water partition coefficient (Wildman–Crippen LogP) is 1.20. The van der Waals surface area contributed by atoms with Gasteiger partial charge in [0.15, 0.2) is 6.23 Å². The summed E-state index contributed by atoms with van der Waals surface area (Å²) in [4.78, 5) is 0. The minimum absolute atomic E-state index is 0.156. The highest BCUT2D eigenvalue weighted by Crippen LogP contribution is 2.39. The fourth-order valence-electron chi connectivity index (χ4n) is 4.29. The van der Waals surface area contributed by atoms with Gasteiger partial charge < -0.3 is 34.1 Å². The number of aliphatic hydroxyl groups is 4. The SMILES string of the molecule is N#Cc1c(-c2ccco2)c2c(n([C@@H]3O[C@H](CO)[C@H](O)[C@H](O)[C@H]3O)c1=S)CCCC2. The molecule has 154 valence electrons. The third-order valence-electron chi connectivity index (χ3n) is 5.71. The quantitative estimate of drug-likeness (QED) is 0.547. The van der Waals surface area contributed by atoms with E-state index in [0.29, 0.717) is 24.2 Å². The van der Waals surface area contributed by atoms with Crippen molar-refractivity contribution in [1.29, 1.82) is 5.26 Å². The highest BCUT2D eigenvalue weighted by Gasteiger charge is 2.45. The Labute approximate surface area is 172 Å². The third kappa shape index (κ3) is 3.22. The van der Waals surface area contributed by atoms with Gasteiger partial charge in [0.25, 0.3) is 0 Å². The summed E-state index contributed by atoms with van der Waals surface area (Å²) < 4.78 is 13.0. The Morgan fingerprint density at radius 3 is 2.59 bits per heavy atom. The van der Waals surface area contributed by atoms with Gasteiger partial charge in [-0.05, 0) is 43.4 Å². The van der Waals surface area contributed by atoms with Crippen LogP contribution in [0.4, 0.5) is 0 Å². The van der Waals surface area contributed by atoms with E-state index in [1.165, 1.54) is 6.26 Å². The average Bonchev–Trinajstić information content (AvgIpc) is 3.26. The summed E-state index contributed by atoms with van der Waals surface area (Å²) in [7, 11) is 0. The smallest absolute Gasteiger partial charge is 0.164 e. The molecular formula is C20H22N2O6S. The molecule has 8 nitrogen and oxygen atoms in total. The summed E-state index contributed by atoms with van der Waals surface area (Å²) >= 11 is 5.62. The topological polar surface area (TPSA) is 132 Å². The van der Waals surface area contributed by atoms with Gasteiger partial charge in [-0.2, -0.15) is 5.26 Å². The lowest BCUT2D eigenvalue weighted by Gasteiger charge is -2.42. The Morgan fingerprint density at radius 1 is 1.17 bits per heavy atom. The molecule has 1 aliphatic carbocycles. The number of ether oxygens (including phenoxy) is 1. The van der Waals surface area contributed by atoms with Gasteiger partial charge in [0.1, 0.15) is 40.9 Å². The Morgan fingerprint density at radius 2 is 1.93 bits per heavy atom. The van der Waals surface area contributed by atoms with Crippen LogP contribution in [0.1, 0.15) is 35.9 Å². The highest BCUT2D eigenvalue weighted by molar-refractivity contribution is 7.71. The molecule has 29 heavy (non-hydrogen) atoms. The van der Waals surface area contributed by atoms with Crippen molar-refractivity contribution >= 4 is 12.2 Å². The maximum Gasteiger partial charge on any atom is 0.164 e. The molecule has 0 saturated carbocycles. The van der Waals surface area contributed by atoms with Gasteiger partial charge in [0.05, 0.1) is 18.4 Å². The Bertz CT molecular complexity index is 994. The van der Waals surface area contributed by atoms with Crippen LogP contribution in [0.3, 0.4) is 0 Å². The number of hydrogen-bond acceptors (Lipinski definition) is 8. The van der Waals surface area contributed by atoms with Crippen molar-refractivity contribution in [2.75, 3.05) is 6.61 Å². The van der Waals surface area contributed by atoms with Crippen molar-refractivity contribution in [1.82, 2.24) is 4.57 Å². The van der Waals surface area contributed by atoms with Gasteiger partial charge in [-0.25, -0.2) is 0 Å². The number of nitrogens with zero attached hydrogens (tertiary/aromatic N) is 2. The molecule has 2 aromatic rings. The molecule has 0 radical (unpaired) electrons. The molecule has 0 unspecified atom stereocenters. The molecule has 0 aromatic carbocycles. The lowest BCUT2D eigenvalue weighted by atomic mass is 9.88. The van der Waals surface area contributed by atoms with E-state index in [-0.39, 0.29) is 10.2 Å².